The Morgan fingerprint density at radius 1 is 0.549 bits per heavy atom. The van der Waals surface area contributed by atoms with Crippen molar-refractivity contribution in [3.63, 3.8) is 0 Å². The molecule has 18 N–H and O–H groups in total. The lowest BCUT2D eigenvalue weighted by atomic mass is 10.00. The topological polar surface area (TPSA) is 409 Å². The second-order valence-corrected chi connectivity index (χ2v) is 23.1. The van der Waals surface area contributed by atoms with E-state index in [1.807, 2.05) is 48.5 Å². The Morgan fingerprint density at radius 2 is 1.03 bits per heavy atom. The van der Waals surface area contributed by atoms with Crippen LogP contribution in [0.15, 0.2) is 122 Å². The molecule has 25 nitrogen and oxygen atoms in total. The number of carbonyl (C=O) groups excluding carboxylic acids is 10. The van der Waals surface area contributed by atoms with E-state index in [2.05, 4.69) is 57.8 Å². The standard InChI is InChI=1S/C66H86N14O11/c1-40(81)58-66(91)79-53(35-42-20-6-3-7-21-42)63(88)75-50(60(85)71-32-15-13-24-47(68)59(69)84)28-16-29-56(82)70-33-17-30-57(83)74-52(34-41-18-4-2-5-19-41)62(87)77-55(37-44-39-73-49-26-11-9-23-46(44)49)65(90)78-54(36-43-38-72-48-25-10-8-22-45(43)48)64(89)76-51(61(86)80-58)27-12-14-31-67/h2-11,18-23,25-26,38-40,47,50-55,58,72-73,81H,12-17,24,27-37,67-68H2,1H3,(H2,69,84)(H,70,82)(H,71,85)(H,74,83)(H,75,88)(H,76,89)(H,77,87)(H,78,90)(H,79,91)(H,80,86)/t40-,47+,50+,51+,52+,53+,54-,55+,58+/m1/s1. The van der Waals surface area contributed by atoms with Gasteiger partial charge in [0, 0.05) is 85.8 Å². The minimum absolute atomic E-state index is 0.0183. The molecule has 0 saturated carbocycles. The third-order valence-electron chi connectivity index (χ3n) is 16.0. The summed E-state index contributed by atoms with van der Waals surface area (Å²) in [5.41, 5.74) is 21.1. The lowest BCUT2D eigenvalue weighted by Gasteiger charge is -2.29. The molecule has 0 radical (unpaired) electrons. The fourth-order valence-electron chi connectivity index (χ4n) is 10.9. The minimum atomic E-state index is -1.73. The van der Waals surface area contributed by atoms with E-state index in [0.717, 1.165) is 21.8 Å². The average Bonchev–Trinajstić information content (AvgIpc) is 1.87. The van der Waals surface area contributed by atoms with Gasteiger partial charge in [0.2, 0.25) is 59.1 Å². The van der Waals surface area contributed by atoms with Gasteiger partial charge in [-0.2, -0.15) is 0 Å². The molecule has 0 spiro atoms. The normalized spacial score (nSPS) is 21.6. The van der Waals surface area contributed by atoms with Gasteiger partial charge in [-0.05, 0) is 106 Å². The number of hydrogen-bond acceptors (Lipinski definition) is 13. The molecule has 486 valence electrons. The average molecular weight is 1250 g/mol. The van der Waals surface area contributed by atoms with Crippen LogP contribution in [-0.2, 0) is 73.6 Å². The zero-order valence-corrected chi connectivity index (χ0v) is 51.2. The Kier molecular flexibility index (Phi) is 26.6. The maximum Gasteiger partial charge on any atom is 0.245 e. The van der Waals surface area contributed by atoms with E-state index >= 15 is 9.59 Å². The van der Waals surface area contributed by atoms with Gasteiger partial charge in [0.25, 0.3) is 0 Å². The molecule has 0 aliphatic carbocycles. The quantitative estimate of drug-likeness (QED) is 0.0475. The van der Waals surface area contributed by atoms with Crippen LogP contribution in [0.4, 0.5) is 0 Å². The molecule has 10 amide bonds. The summed E-state index contributed by atoms with van der Waals surface area (Å²) in [6, 6.07) is 21.7. The largest absolute Gasteiger partial charge is 0.391 e. The SMILES string of the molecule is C[C@@H](O)[C@@H]1NC(=O)[C@H](CCCCN)NC(=O)[C@@H](Cc2c[nH]c3ccccc23)NC(=O)[C@H](Cc2c[nH]c3ccccc23)NC(=O)[C@H](Cc2ccccc2)NC(=O)CCCNC(=O)CCC[C@@H](C(=O)NCCCC[C@H](N)C(N)=O)NC(=O)[C@H](Cc2ccccc2)NC1=O. The number of hydrogen-bond donors (Lipinski definition) is 15. The summed E-state index contributed by atoms with van der Waals surface area (Å²) in [5.74, 6) is -7.21. The minimum Gasteiger partial charge on any atom is -0.391 e. The number of unbranched alkanes of at least 4 members (excludes halogenated alkanes) is 2. The van der Waals surface area contributed by atoms with Crippen molar-refractivity contribution >= 4 is 80.9 Å². The van der Waals surface area contributed by atoms with E-state index in [1.165, 1.54) is 6.92 Å². The molecule has 1 saturated heterocycles. The Hall–Kier alpha value is -9.46. The third kappa shape index (κ3) is 21.4. The summed E-state index contributed by atoms with van der Waals surface area (Å²) in [6.07, 6.45) is 3.35. The molecular formula is C66H86N14O11. The van der Waals surface area contributed by atoms with E-state index in [4.69, 9.17) is 17.2 Å². The molecule has 7 rings (SSSR count). The number of para-hydroxylation sites is 2. The molecule has 0 bridgehead atoms. The molecule has 1 aliphatic rings. The second-order valence-electron chi connectivity index (χ2n) is 23.1. The molecule has 6 aromatic rings. The Balaban J connectivity index is 1.24. The number of amides is 10. The van der Waals surface area contributed by atoms with E-state index in [-0.39, 0.29) is 90.3 Å². The Bertz CT molecular complexity index is 3430. The monoisotopic (exact) mass is 1250 g/mol. The lowest BCUT2D eigenvalue weighted by molar-refractivity contribution is -0.137. The van der Waals surface area contributed by atoms with E-state index in [1.54, 1.807) is 73.1 Å². The molecule has 1 fully saturated rings. The summed E-state index contributed by atoms with van der Waals surface area (Å²) in [7, 11) is 0. The Labute approximate surface area is 528 Å². The summed E-state index contributed by atoms with van der Waals surface area (Å²) in [4.78, 5) is 148. The van der Waals surface area contributed by atoms with Crippen molar-refractivity contribution in [2.45, 2.75) is 158 Å². The summed E-state index contributed by atoms with van der Waals surface area (Å²) in [6.45, 7) is 1.68. The van der Waals surface area contributed by atoms with Gasteiger partial charge in [0.05, 0.1) is 12.1 Å². The van der Waals surface area contributed by atoms with Crippen molar-refractivity contribution in [3.05, 3.63) is 144 Å². The van der Waals surface area contributed by atoms with Gasteiger partial charge in [0.15, 0.2) is 0 Å². The highest BCUT2D eigenvalue weighted by atomic mass is 16.3. The predicted octanol–water partition coefficient (Wildman–Crippen LogP) is 1.00. The van der Waals surface area contributed by atoms with Crippen LogP contribution in [0.1, 0.15) is 99.8 Å². The first-order valence-electron chi connectivity index (χ1n) is 31.1. The summed E-state index contributed by atoms with van der Waals surface area (Å²) >= 11 is 0. The fraction of sp³-hybridized carbons (Fsp3) is 0.424. The highest BCUT2D eigenvalue weighted by Crippen LogP contribution is 2.22. The summed E-state index contributed by atoms with van der Waals surface area (Å²) < 4.78 is 0. The zero-order valence-electron chi connectivity index (χ0n) is 51.2. The van der Waals surface area contributed by atoms with Crippen LogP contribution in [0, 0.1) is 0 Å². The maximum absolute atomic E-state index is 15.2. The van der Waals surface area contributed by atoms with E-state index < -0.39 is 114 Å². The lowest BCUT2D eigenvalue weighted by Crippen LogP contribution is -2.62. The number of primary amides is 1. The van der Waals surface area contributed by atoms with Gasteiger partial charge in [-0.15, -0.1) is 0 Å². The number of H-pyrrole nitrogens is 2. The third-order valence-corrected chi connectivity index (χ3v) is 16.0. The molecule has 1 aliphatic heterocycles. The summed E-state index contributed by atoms with van der Waals surface area (Å²) in [5, 5.41) is 37.9. The fourth-order valence-corrected chi connectivity index (χ4v) is 10.9. The first-order valence-corrected chi connectivity index (χ1v) is 31.1. The van der Waals surface area contributed by atoms with Gasteiger partial charge < -0.3 is 80.1 Å². The molecule has 4 aromatic carbocycles. The smallest absolute Gasteiger partial charge is 0.245 e. The van der Waals surface area contributed by atoms with Crippen molar-refractivity contribution in [1.29, 1.82) is 0 Å². The van der Waals surface area contributed by atoms with Crippen LogP contribution in [0.2, 0.25) is 0 Å². The van der Waals surface area contributed by atoms with E-state index in [9.17, 15) is 43.5 Å². The number of aromatic amines is 2. The molecule has 3 heterocycles. The molecule has 25 heteroatoms. The van der Waals surface area contributed by atoms with Gasteiger partial charge in [-0.3, -0.25) is 47.9 Å². The van der Waals surface area contributed by atoms with Crippen LogP contribution in [-0.4, -0.2) is 148 Å². The number of aromatic nitrogens is 2. The van der Waals surface area contributed by atoms with Crippen LogP contribution in [0.3, 0.4) is 0 Å². The van der Waals surface area contributed by atoms with Crippen molar-refractivity contribution in [2.24, 2.45) is 17.2 Å². The molecule has 2 aromatic heterocycles. The molecule has 0 unspecified atom stereocenters. The molecular weight excluding hydrogens is 1160 g/mol. The van der Waals surface area contributed by atoms with Crippen LogP contribution in [0.25, 0.3) is 21.8 Å². The van der Waals surface area contributed by atoms with Crippen LogP contribution in [0.5, 0.6) is 0 Å². The van der Waals surface area contributed by atoms with Gasteiger partial charge in [-0.1, -0.05) is 97.1 Å². The number of fused-ring (bicyclic) bond motifs is 2. The molecule has 91 heavy (non-hydrogen) atoms. The number of nitrogens with one attached hydrogen (secondary N) is 11. The first kappa shape index (κ1) is 69.0. The number of nitrogens with two attached hydrogens (primary N) is 3. The highest BCUT2D eigenvalue weighted by molar-refractivity contribution is 5.99. The van der Waals surface area contributed by atoms with Crippen LogP contribution >= 0.6 is 0 Å². The second kappa shape index (κ2) is 35.1. The van der Waals surface area contributed by atoms with Gasteiger partial charge in [0.1, 0.15) is 42.3 Å². The van der Waals surface area contributed by atoms with Crippen LogP contribution < -0.4 is 65.1 Å². The van der Waals surface area contributed by atoms with Crippen molar-refractivity contribution in [3.8, 4) is 0 Å². The number of rotatable bonds is 20. The number of carbonyl (C=O) groups is 10. The first-order chi connectivity index (χ1) is 43.9. The van der Waals surface area contributed by atoms with Gasteiger partial charge >= 0.3 is 0 Å². The van der Waals surface area contributed by atoms with Crippen molar-refractivity contribution in [2.75, 3.05) is 19.6 Å². The zero-order chi connectivity index (χ0) is 65.2. The number of aliphatic hydroxyl groups excluding tert-OH is 1. The predicted molar refractivity (Wildman–Crippen MR) is 343 cm³/mol. The Morgan fingerprint density at radius 3 is 1.58 bits per heavy atom. The maximum atomic E-state index is 15.2. The highest BCUT2D eigenvalue weighted by Gasteiger charge is 2.36. The number of aliphatic hydroxyl groups is 1. The van der Waals surface area contributed by atoms with Crippen molar-refractivity contribution < 1.29 is 53.1 Å². The van der Waals surface area contributed by atoms with Crippen molar-refractivity contribution in [1.82, 2.24) is 57.8 Å². The number of benzene rings is 4. The molecule has 9 atom stereocenters. The van der Waals surface area contributed by atoms with E-state index in [0.29, 0.717) is 47.9 Å². The van der Waals surface area contributed by atoms with Gasteiger partial charge in [-0.25, -0.2) is 0 Å².